The minimum atomic E-state index is -1.12. The number of fused-ring (bicyclic) bond motifs is 2. The van der Waals surface area contributed by atoms with E-state index in [4.69, 9.17) is 0 Å². The van der Waals surface area contributed by atoms with Crippen LogP contribution in [0.2, 0.25) is 0 Å². The number of thioether (sulfide) groups is 1. The molecule has 1 heterocycles. The van der Waals surface area contributed by atoms with Gasteiger partial charge in [-0.05, 0) is 74.6 Å². The minimum Gasteiger partial charge on any atom is -0.289 e. The predicted octanol–water partition coefficient (Wildman–Crippen LogP) is 8.61. The van der Waals surface area contributed by atoms with Gasteiger partial charge in [-0.1, -0.05) is 68.5 Å². The molecule has 0 amide bonds. The Morgan fingerprint density at radius 1 is 0.892 bits per heavy atom. The van der Waals surface area contributed by atoms with Crippen LogP contribution in [-0.2, 0) is 17.2 Å². The van der Waals surface area contributed by atoms with E-state index in [1.807, 2.05) is 86.3 Å². The summed E-state index contributed by atoms with van der Waals surface area (Å²) in [6.07, 6.45) is 3.86. The highest BCUT2D eigenvalue weighted by Crippen LogP contribution is 2.41. The highest BCUT2D eigenvalue weighted by molar-refractivity contribution is 8.00. The first-order valence-electron chi connectivity index (χ1n) is 13.0. The molecular formula is C32H34O2S3. The minimum absolute atomic E-state index is 0.0508. The second-order valence-electron chi connectivity index (χ2n) is 8.95. The zero-order valence-electron chi connectivity index (χ0n) is 21.8. The third kappa shape index (κ3) is 6.17. The molecule has 0 spiro atoms. The molecule has 4 aromatic rings. The summed E-state index contributed by atoms with van der Waals surface area (Å²) in [5, 5.41) is 0.911. The van der Waals surface area contributed by atoms with Gasteiger partial charge in [-0.15, -0.1) is 23.1 Å². The first-order chi connectivity index (χ1) is 18.0. The molecule has 0 radical (unpaired) electrons. The third-order valence-corrected chi connectivity index (χ3v) is 10.9. The van der Waals surface area contributed by atoms with Crippen molar-refractivity contribution >= 4 is 49.6 Å². The van der Waals surface area contributed by atoms with E-state index in [0.29, 0.717) is 6.42 Å². The summed E-state index contributed by atoms with van der Waals surface area (Å²) in [5.74, 6) is 0.118. The van der Waals surface area contributed by atoms with Crippen LogP contribution in [0.15, 0.2) is 106 Å². The van der Waals surface area contributed by atoms with E-state index in [9.17, 15) is 9.00 Å². The zero-order valence-corrected chi connectivity index (χ0v) is 24.3. The Bertz CT molecular complexity index is 1440. The van der Waals surface area contributed by atoms with Crippen LogP contribution in [-0.4, -0.2) is 14.7 Å². The maximum Gasteiger partial charge on any atom is 0.191 e. The summed E-state index contributed by atoms with van der Waals surface area (Å²) < 4.78 is 14.5. The summed E-state index contributed by atoms with van der Waals surface area (Å²) >= 11 is 3.54. The van der Waals surface area contributed by atoms with E-state index in [2.05, 4.69) is 44.2 Å². The van der Waals surface area contributed by atoms with Crippen molar-refractivity contribution in [1.82, 2.24) is 0 Å². The fourth-order valence-corrected chi connectivity index (χ4v) is 8.55. The number of hydrogen-bond acceptors (Lipinski definition) is 4. The van der Waals surface area contributed by atoms with Crippen molar-refractivity contribution < 1.29 is 4.21 Å². The number of benzene rings is 3. The lowest BCUT2D eigenvalue weighted by Gasteiger charge is -2.22. The van der Waals surface area contributed by atoms with Gasteiger partial charge in [0, 0.05) is 40.8 Å². The van der Waals surface area contributed by atoms with Crippen LogP contribution in [0.3, 0.4) is 0 Å². The third-order valence-electron chi connectivity index (χ3n) is 6.69. The number of rotatable bonds is 6. The quantitative estimate of drug-likeness (QED) is 0.227. The molecule has 1 aliphatic rings. The van der Waals surface area contributed by atoms with Crippen LogP contribution >= 0.6 is 23.1 Å². The fourth-order valence-electron chi connectivity index (χ4n) is 4.73. The van der Waals surface area contributed by atoms with Gasteiger partial charge in [0.2, 0.25) is 0 Å². The van der Waals surface area contributed by atoms with E-state index in [0.717, 1.165) is 31.8 Å². The number of hydrogen-bond donors (Lipinski definition) is 0. The van der Waals surface area contributed by atoms with Crippen LogP contribution in [0.1, 0.15) is 44.6 Å². The average Bonchev–Trinajstić information content (AvgIpc) is 3.15. The van der Waals surface area contributed by atoms with E-state index < -0.39 is 10.8 Å². The molecule has 4 unspecified atom stereocenters. The molecule has 0 fully saturated rings. The van der Waals surface area contributed by atoms with Gasteiger partial charge in [-0.2, -0.15) is 0 Å². The molecular weight excluding hydrogens is 513 g/mol. The molecule has 2 nitrogen and oxygen atoms in total. The highest BCUT2D eigenvalue weighted by Gasteiger charge is 2.30. The summed E-state index contributed by atoms with van der Waals surface area (Å²) in [7, 11) is -1.12. The van der Waals surface area contributed by atoms with Crippen molar-refractivity contribution in [3.05, 3.63) is 112 Å². The molecule has 37 heavy (non-hydrogen) atoms. The lowest BCUT2D eigenvalue weighted by atomic mass is 9.98. The van der Waals surface area contributed by atoms with Crippen LogP contribution < -0.4 is 5.43 Å². The molecule has 0 saturated carbocycles. The molecule has 1 aliphatic carbocycles. The van der Waals surface area contributed by atoms with Gasteiger partial charge in [0.05, 0.1) is 10.8 Å². The normalized spacial score (nSPS) is 17.4. The lowest BCUT2D eigenvalue weighted by molar-refractivity contribution is 0.569. The van der Waals surface area contributed by atoms with E-state index in [1.165, 1.54) is 10.5 Å². The van der Waals surface area contributed by atoms with Gasteiger partial charge in [-0.3, -0.25) is 9.00 Å². The predicted molar refractivity (Wildman–Crippen MR) is 163 cm³/mol. The van der Waals surface area contributed by atoms with Crippen LogP contribution in [0.5, 0.6) is 0 Å². The molecule has 5 rings (SSSR count). The Labute approximate surface area is 231 Å². The van der Waals surface area contributed by atoms with Gasteiger partial charge < -0.3 is 0 Å². The Hall–Kier alpha value is -2.47. The molecule has 0 bridgehead atoms. The van der Waals surface area contributed by atoms with Gasteiger partial charge in [0.25, 0.3) is 0 Å². The largest absolute Gasteiger partial charge is 0.289 e. The lowest BCUT2D eigenvalue weighted by Crippen LogP contribution is -2.22. The molecule has 4 atom stereocenters. The molecule has 0 saturated heterocycles. The van der Waals surface area contributed by atoms with Crippen LogP contribution in [0.4, 0.5) is 0 Å². The standard InChI is InChI=1S/C30H28O2S3.C2H6/c1-20(33-23-11-5-3-6-12-23)27-19-22(21(2)35(32)24-13-7-4-8-14-24)17-18-26-29(31)25-15-9-10-16-28(25)34-30(26)27;1-2/h3-16,19-22H,17-18H2,1-2H3;1-2H3. The molecule has 0 aliphatic heterocycles. The van der Waals surface area contributed by atoms with Gasteiger partial charge in [0.1, 0.15) is 0 Å². The average molecular weight is 547 g/mol. The second kappa shape index (κ2) is 12.9. The van der Waals surface area contributed by atoms with Crippen molar-refractivity contribution in [2.24, 2.45) is 5.92 Å². The summed E-state index contributed by atoms with van der Waals surface area (Å²) in [5.41, 5.74) is 2.26. The maximum atomic E-state index is 13.6. The molecule has 192 valence electrons. The molecule has 3 aromatic carbocycles. The van der Waals surface area contributed by atoms with Gasteiger partial charge in [-0.25, -0.2) is 0 Å². The summed E-state index contributed by atoms with van der Waals surface area (Å²) in [4.78, 5) is 16.8. The van der Waals surface area contributed by atoms with Crippen molar-refractivity contribution in [2.45, 2.75) is 60.8 Å². The van der Waals surface area contributed by atoms with Gasteiger partial charge >= 0.3 is 0 Å². The Balaban J connectivity index is 0.00000156. The SMILES string of the molecule is CC.CC(Sc1ccccc1)C1=CC(C(C)S(=O)c2ccccc2)CCc2c1sc1ccccc1c2=O. The van der Waals surface area contributed by atoms with Crippen molar-refractivity contribution in [3.63, 3.8) is 0 Å². The Kier molecular flexibility index (Phi) is 9.58. The Morgan fingerprint density at radius 2 is 1.51 bits per heavy atom. The number of allylic oxidation sites excluding steroid dienone is 1. The molecule has 1 aromatic heterocycles. The van der Waals surface area contributed by atoms with Crippen molar-refractivity contribution in [1.29, 1.82) is 0 Å². The van der Waals surface area contributed by atoms with E-state index in [1.54, 1.807) is 11.3 Å². The highest BCUT2D eigenvalue weighted by atomic mass is 32.2. The zero-order chi connectivity index (χ0) is 26.4. The first kappa shape index (κ1) is 27.6. The van der Waals surface area contributed by atoms with Crippen LogP contribution in [0, 0.1) is 5.92 Å². The van der Waals surface area contributed by atoms with Crippen molar-refractivity contribution in [3.8, 4) is 0 Å². The van der Waals surface area contributed by atoms with Crippen molar-refractivity contribution in [2.75, 3.05) is 0 Å². The Morgan fingerprint density at radius 3 is 2.22 bits per heavy atom. The van der Waals surface area contributed by atoms with E-state index >= 15 is 0 Å². The topological polar surface area (TPSA) is 34.1 Å². The van der Waals surface area contributed by atoms with Gasteiger partial charge in [0.15, 0.2) is 5.43 Å². The monoisotopic (exact) mass is 546 g/mol. The second-order valence-corrected chi connectivity index (χ2v) is 13.2. The summed E-state index contributed by atoms with van der Waals surface area (Å²) in [6.45, 7) is 8.31. The summed E-state index contributed by atoms with van der Waals surface area (Å²) in [6, 6.07) is 28.1. The smallest absolute Gasteiger partial charge is 0.191 e. The first-order valence-corrected chi connectivity index (χ1v) is 15.9. The molecule has 5 heteroatoms. The fraction of sp³-hybridized carbons (Fsp3) is 0.281. The van der Waals surface area contributed by atoms with E-state index in [-0.39, 0.29) is 21.8 Å². The van der Waals surface area contributed by atoms with Crippen LogP contribution in [0.25, 0.3) is 15.7 Å². The molecule has 0 N–H and O–H groups in total. The maximum absolute atomic E-state index is 13.6.